The standard InChI is InChI=1S/C22H32N4O4S/c1-2-30-19(27)14-17-16-29-12-10-25(17)15-18-20(23-22-26(18)11-13-31-22)21(28)24-8-6-4-3-5-7-9-24/h11,13,17H,2-10,12,14-16H2,1H3. The third kappa shape index (κ3) is 5.27. The van der Waals surface area contributed by atoms with Crippen molar-refractivity contribution in [2.45, 2.75) is 58.0 Å². The molecule has 2 fully saturated rings. The van der Waals surface area contributed by atoms with Crippen molar-refractivity contribution in [3.05, 3.63) is 23.0 Å². The summed E-state index contributed by atoms with van der Waals surface area (Å²) < 4.78 is 12.8. The Bertz CT molecular complexity index is 887. The van der Waals surface area contributed by atoms with Crippen LogP contribution >= 0.6 is 11.3 Å². The van der Waals surface area contributed by atoms with E-state index >= 15 is 0 Å². The average Bonchev–Trinajstić information content (AvgIpc) is 3.31. The van der Waals surface area contributed by atoms with E-state index in [9.17, 15) is 9.59 Å². The Morgan fingerprint density at radius 2 is 1.97 bits per heavy atom. The van der Waals surface area contributed by atoms with E-state index in [1.807, 2.05) is 27.8 Å². The van der Waals surface area contributed by atoms with E-state index in [0.717, 1.165) is 36.6 Å². The maximum atomic E-state index is 13.5. The Hall–Kier alpha value is -1.97. The number of thiazole rings is 1. The number of rotatable bonds is 6. The number of fused-ring (bicyclic) bond motifs is 1. The summed E-state index contributed by atoms with van der Waals surface area (Å²) in [5.74, 6) is -0.183. The Morgan fingerprint density at radius 3 is 2.74 bits per heavy atom. The lowest BCUT2D eigenvalue weighted by atomic mass is 10.1. The lowest BCUT2D eigenvalue weighted by Crippen LogP contribution is -2.46. The first-order valence-corrected chi connectivity index (χ1v) is 12.3. The van der Waals surface area contributed by atoms with E-state index in [0.29, 0.717) is 38.6 Å². The predicted molar refractivity (Wildman–Crippen MR) is 118 cm³/mol. The third-order valence-electron chi connectivity index (χ3n) is 6.12. The first kappa shape index (κ1) is 22.2. The molecule has 8 nitrogen and oxygen atoms in total. The molecule has 1 unspecified atom stereocenters. The zero-order valence-electron chi connectivity index (χ0n) is 18.3. The number of imidazole rings is 1. The minimum Gasteiger partial charge on any atom is -0.466 e. The van der Waals surface area contributed by atoms with E-state index in [1.54, 1.807) is 0 Å². The molecule has 1 atom stereocenters. The highest BCUT2D eigenvalue weighted by molar-refractivity contribution is 7.15. The van der Waals surface area contributed by atoms with Crippen molar-refractivity contribution < 1.29 is 19.1 Å². The van der Waals surface area contributed by atoms with Crippen LogP contribution in [0, 0.1) is 0 Å². The van der Waals surface area contributed by atoms with Gasteiger partial charge in [0.15, 0.2) is 10.7 Å². The van der Waals surface area contributed by atoms with Gasteiger partial charge in [-0.2, -0.15) is 0 Å². The molecular weight excluding hydrogens is 416 g/mol. The van der Waals surface area contributed by atoms with Crippen LogP contribution in [0.1, 0.15) is 61.6 Å². The molecule has 2 aliphatic heterocycles. The van der Waals surface area contributed by atoms with E-state index in [2.05, 4.69) is 4.90 Å². The van der Waals surface area contributed by atoms with Crippen LogP contribution in [0.4, 0.5) is 0 Å². The SMILES string of the molecule is CCOC(=O)CC1COCCN1Cc1c(C(=O)N2CCCCCCC2)nc2sccn12. The van der Waals surface area contributed by atoms with Crippen LogP contribution in [0.3, 0.4) is 0 Å². The largest absolute Gasteiger partial charge is 0.466 e. The summed E-state index contributed by atoms with van der Waals surface area (Å²) in [6, 6.07) is -0.0679. The summed E-state index contributed by atoms with van der Waals surface area (Å²) in [6.07, 6.45) is 7.98. The fourth-order valence-corrected chi connectivity index (χ4v) is 5.18. The maximum absolute atomic E-state index is 13.5. The lowest BCUT2D eigenvalue weighted by molar-refractivity contribution is -0.146. The number of carbonyl (C=O) groups is 2. The number of nitrogens with zero attached hydrogens (tertiary/aromatic N) is 4. The van der Waals surface area contributed by atoms with Crippen molar-refractivity contribution in [3.8, 4) is 0 Å². The second kappa shape index (κ2) is 10.6. The van der Waals surface area contributed by atoms with Gasteiger partial charge in [0.1, 0.15) is 0 Å². The molecule has 4 heterocycles. The number of amides is 1. The minimum atomic E-state index is -0.214. The highest BCUT2D eigenvalue weighted by atomic mass is 32.1. The van der Waals surface area contributed by atoms with Gasteiger partial charge in [-0.1, -0.05) is 19.3 Å². The Kier molecular flexibility index (Phi) is 7.58. The van der Waals surface area contributed by atoms with Gasteiger partial charge in [-0.05, 0) is 19.8 Å². The number of aromatic nitrogens is 2. The van der Waals surface area contributed by atoms with Crippen LogP contribution in [0.15, 0.2) is 11.6 Å². The van der Waals surface area contributed by atoms with Crippen molar-refractivity contribution in [3.63, 3.8) is 0 Å². The fraction of sp³-hybridized carbons (Fsp3) is 0.682. The van der Waals surface area contributed by atoms with Crippen LogP contribution in [-0.4, -0.2) is 76.6 Å². The number of esters is 1. The minimum absolute atomic E-state index is 0.0306. The normalized spacial score (nSPS) is 21.1. The summed E-state index contributed by atoms with van der Waals surface area (Å²) in [5, 5.41) is 1.99. The summed E-state index contributed by atoms with van der Waals surface area (Å²) >= 11 is 1.54. The molecule has 2 aromatic rings. The number of likely N-dealkylation sites (tertiary alicyclic amines) is 1. The molecule has 0 aromatic carbocycles. The van der Waals surface area contributed by atoms with E-state index < -0.39 is 0 Å². The molecule has 170 valence electrons. The number of morpholine rings is 1. The van der Waals surface area contributed by atoms with Crippen LogP contribution < -0.4 is 0 Å². The van der Waals surface area contributed by atoms with Gasteiger partial charge < -0.3 is 14.4 Å². The molecule has 0 aliphatic carbocycles. The van der Waals surface area contributed by atoms with Gasteiger partial charge in [0.2, 0.25) is 0 Å². The molecule has 0 N–H and O–H groups in total. The fourth-order valence-electron chi connectivity index (χ4n) is 4.45. The molecule has 2 aliphatic rings. The molecule has 2 aromatic heterocycles. The molecule has 0 spiro atoms. The van der Waals surface area contributed by atoms with Crippen LogP contribution in [0.5, 0.6) is 0 Å². The molecule has 9 heteroatoms. The Balaban J connectivity index is 1.56. The van der Waals surface area contributed by atoms with Crippen molar-refractivity contribution in [2.75, 3.05) is 39.5 Å². The second-order valence-electron chi connectivity index (χ2n) is 8.23. The van der Waals surface area contributed by atoms with Crippen molar-refractivity contribution in [1.29, 1.82) is 0 Å². The van der Waals surface area contributed by atoms with Gasteiger partial charge in [0.05, 0.1) is 31.9 Å². The number of hydrogen-bond donors (Lipinski definition) is 0. The molecule has 4 rings (SSSR count). The number of hydrogen-bond acceptors (Lipinski definition) is 7. The smallest absolute Gasteiger partial charge is 0.307 e. The number of ether oxygens (including phenoxy) is 2. The molecule has 2 saturated heterocycles. The van der Waals surface area contributed by atoms with Crippen LogP contribution in [0.2, 0.25) is 0 Å². The predicted octanol–water partition coefficient (Wildman–Crippen LogP) is 2.96. The monoisotopic (exact) mass is 448 g/mol. The molecule has 0 radical (unpaired) electrons. The first-order chi connectivity index (χ1) is 15.2. The van der Waals surface area contributed by atoms with Gasteiger partial charge >= 0.3 is 5.97 Å². The zero-order valence-corrected chi connectivity index (χ0v) is 19.1. The van der Waals surface area contributed by atoms with Crippen molar-refractivity contribution in [1.82, 2.24) is 19.2 Å². The number of carbonyl (C=O) groups excluding carboxylic acids is 2. The van der Waals surface area contributed by atoms with Crippen LogP contribution in [0.25, 0.3) is 4.96 Å². The van der Waals surface area contributed by atoms with Gasteiger partial charge in [0, 0.05) is 43.8 Å². The van der Waals surface area contributed by atoms with Crippen LogP contribution in [-0.2, 0) is 20.8 Å². The topological polar surface area (TPSA) is 76.4 Å². The molecular formula is C22H32N4O4S. The molecule has 0 saturated carbocycles. The first-order valence-electron chi connectivity index (χ1n) is 11.4. The molecule has 1 amide bonds. The van der Waals surface area contributed by atoms with Crippen molar-refractivity contribution in [2.24, 2.45) is 0 Å². The summed E-state index contributed by atoms with van der Waals surface area (Å²) in [4.78, 5) is 35.3. The second-order valence-corrected chi connectivity index (χ2v) is 9.10. The maximum Gasteiger partial charge on any atom is 0.307 e. The molecule has 0 bridgehead atoms. The Labute approximate surface area is 187 Å². The lowest BCUT2D eigenvalue weighted by Gasteiger charge is -2.35. The Morgan fingerprint density at radius 1 is 1.19 bits per heavy atom. The quantitative estimate of drug-likeness (QED) is 0.633. The summed E-state index contributed by atoms with van der Waals surface area (Å²) in [5.41, 5.74) is 1.45. The van der Waals surface area contributed by atoms with Gasteiger partial charge in [-0.3, -0.25) is 18.9 Å². The highest BCUT2D eigenvalue weighted by Crippen LogP contribution is 2.24. The summed E-state index contributed by atoms with van der Waals surface area (Å²) in [7, 11) is 0. The highest BCUT2D eigenvalue weighted by Gasteiger charge is 2.30. The van der Waals surface area contributed by atoms with Crippen molar-refractivity contribution >= 4 is 28.2 Å². The zero-order chi connectivity index (χ0) is 21.6. The van der Waals surface area contributed by atoms with E-state index in [1.165, 1.54) is 30.6 Å². The van der Waals surface area contributed by atoms with E-state index in [-0.39, 0.29) is 24.3 Å². The third-order valence-corrected chi connectivity index (χ3v) is 6.87. The van der Waals surface area contributed by atoms with Gasteiger partial charge in [-0.25, -0.2) is 4.98 Å². The average molecular weight is 449 g/mol. The van der Waals surface area contributed by atoms with E-state index in [4.69, 9.17) is 14.5 Å². The summed E-state index contributed by atoms with van der Waals surface area (Å²) in [6.45, 7) is 6.15. The van der Waals surface area contributed by atoms with Gasteiger partial charge in [-0.15, -0.1) is 11.3 Å². The molecule has 31 heavy (non-hydrogen) atoms. The van der Waals surface area contributed by atoms with Gasteiger partial charge in [0.25, 0.3) is 5.91 Å².